The number of allylic oxidation sites excluding steroid dienone is 4. The minimum atomic E-state index is 1.15. The van der Waals surface area contributed by atoms with Crippen LogP contribution < -0.4 is 0 Å². The van der Waals surface area contributed by atoms with Gasteiger partial charge < -0.3 is 0 Å². The van der Waals surface area contributed by atoms with Crippen molar-refractivity contribution < 1.29 is 0 Å². The summed E-state index contributed by atoms with van der Waals surface area (Å²) in [6.07, 6.45) is 11.8. The summed E-state index contributed by atoms with van der Waals surface area (Å²) in [6, 6.07) is 25.4. The second-order valence-electron chi connectivity index (χ2n) is 5.91. The highest BCUT2D eigenvalue weighted by Crippen LogP contribution is 2.38. The summed E-state index contributed by atoms with van der Waals surface area (Å²) >= 11 is 0. The van der Waals surface area contributed by atoms with Gasteiger partial charge in [-0.05, 0) is 33.4 Å². The molecule has 0 N–H and O–H groups in total. The van der Waals surface area contributed by atoms with Gasteiger partial charge in [0.2, 0.25) is 0 Å². The summed E-state index contributed by atoms with van der Waals surface area (Å²) in [7, 11) is 0. The highest BCUT2D eigenvalue weighted by Gasteiger charge is 2.13. The lowest BCUT2D eigenvalue weighted by Gasteiger charge is -2.16. The first-order chi connectivity index (χ1) is 12.8. The molecule has 0 bridgehead atoms. The van der Waals surface area contributed by atoms with Crippen molar-refractivity contribution in [2.75, 3.05) is 0 Å². The van der Waals surface area contributed by atoms with Gasteiger partial charge in [-0.25, -0.2) is 0 Å². The molecule has 3 rings (SSSR count). The van der Waals surface area contributed by atoms with Crippen LogP contribution in [-0.2, 0) is 0 Å². The molecule has 0 heterocycles. The number of hydrogen-bond acceptors (Lipinski definition) is 0. The van der Waals surface area contributed by atoms with E-state index in [-0.39, 0.29) is 0 Å². The van der Waals surface area contributed by atoms with Crippen LogP contribution >= 0.6 is 0 Å². The highest BCUT2D eigenvalue weighted by molar-refractivity contribution is 5.92. The summed E-state index contributed by atoms with van der Waals surface area (Å²) < 4.78 is 0. The Morgan fingerprint density at radius 3 is 1.77 bits per heavy atom. The predicted octanol–water partition coefficient (Wildman–Crippen LogP) is 7.42. The number of benzene rings is 3. The van der Waals surface area contributed by atoms with Crippen LogP contribution in [0.2, 0.25) is 0 Å². The van der Waals surface area contributed by atoms with E-state index in [1.165, 1.54) is 27.8 Å². The van der Waals surface area contributed by atoms with E-state index >= 15 is 0 Å². The van der Waals surface area contributed by atoms with Crippen molar-refractivity contribution in [3.05, 3.63) is 121 Å². The zero-order valence-corrected chi connectivity index (χ0v) is 14.8. The standard InChI is InChI=1S/C26H22/c1-3-5-13-22-19-20-25(21-14-9-7-10-15-21)26(24(22)18-6-4-2)23-16-11-8-12-17-23/h3-20H,1-2H2. The Balaban J connectivity index is 2.36. The van der Waals surface area contributed by atoms with Crippen molar-refractivity contribution in [1.29, 1.82) is 0 Å². The summed E-state index contributed by atoms with van der Waals surface area (Å²) in [5.41, 5.74) is 7.18. The van der Waals surface area contributed by atoms with Gasteiger partial charge in [-0.3, -0.25) is 0 Å². The molecule has 0 atom stereocenters. The molecule has 3 aromatic carbocycles. The Morgan fingerprint density at radius 2 is 1.15 bits per heavy atom. The molecule has 0 fully saturated rings. The zero-order chi connectivity index (χ0) is 18.2. The third kappa shape index (κ3) is 3.81. The van der Waals surface area contributed by atoms with Crippen LogP contribution in [0.4, 0.5) is 0 Å². The maximum absolute atomic E-state index is 3.83. The van der Waals surface area contributed by atoms with E-state index in [1.54, 1.807) is 6.08 Å². The molecule has 0 aliphatic rings. The van der Waals surface area contributed by atoms with Crippen LogP contribution in [0.3, 0.4) is 0 Å². The second kappa shape index (κ2) is 8.64. The molecule has 0 radical (unpaired) electrons. The van der Waals surface area contributed by atoms with Gasteiger partial charge in [-0.2, -0.15) is 0 Å². The van der Waals surface area contributed by atoms with E-state index < -0.39 is 0 Å². The fourth-order valence-electron chi connectivity index (χ4n) is 3.07. The minimum absolute atomic E-state index is 1.15. The third-order valence-corrected chi connectivity index (χ3v) is 4.24. The van der Waals surface area contributed by atoms with Crippen molar-refractivity contribution in [2.45, 2.75) is 0 Å². The molecule has 126 valence electrons. The molecule has 0 unspecified atom stereocenters. The largest absolute Gasteiger partial charge is 0.0991 e. The topological polar surface area (TPSA) is 0 Å². The van der Waals surface area contributed by atoms with Crippen molar-refractivity contribution in [3.63, 3.8) is 0 Å². The van der Waals surface area contributed by atoms with Gasteiger partial charge in [-0.15, -0.1) is 0 Å². The molecule has 26 heavy (non-hydrogen) atoms. The Kier molecular flexibility index (Phi) is 5.80. The van der Waals surface area contributed by atoms with Crippen molar-refractivity contribution in [3.8, 4) is 22.3 Å². The molecule has 0 saturated heterocycles. The Hall–Kier alpha value is -3.38. The van der Waals surface area contributed by atoms with Crippen molar-refractivity contribution in [1.82, 2.24) is 0 Å². The van der Waals surface area contributed by atoms with E-state index in [1.807, 2.05) is 30.4 Å². The maximum atomic E-state index is 3.83. The normalized spacial score (nSPS) is 11.1. The first kappa shape index (κ1) is 17.4. The molecule has 0 aliphatic carbocycles. The van der Waals surface area contributed by atoms with Crippen LogP contribution in [0.25, 0.3) is 34.4 Å². The summed E-state index contributed by atoms with van der Waals surface area (Å²) in [5.74, 6) is 0. The van der Waals surface area contributed by atoms with Crippen LogP contribution in [0.15, 0.2) is 110 Å². The van der Waals surface area contributed by atoms with Crippen LogP contribution in [0, 0.1) is 0 Å². The first-order valence-corrected chi connectivity index (χ1v) is 8.71. The predicted molar refractivity (Wildman–Crippen MR) is 116 cm³/mol. The summed E-state index contributed by atoms with van der Waals surface area (Å²) in [4.78, 5) is 0. The van der Waals surface area contributed by atoms with Gasteiger partial charge in [0.1, 0.15) is 0 Å². The Bertz CT molecular complexity index is 942. The van der Waals surface area contributed by atoms with Gasteiger partial charge in [0.25, 0.3) is 0 Å². The molecule has 0 spiro atoms. The van der Waals surface area contributed by atoms with Gasteiger partial charge >= 0.3 is 0 Å². The van der Waals surface area contributed by atoms with Gasteiger partial charge in [0.05, 0.1) is 0 Å². The lowest BCUT2D eigenvalue weighted by Crippen LogP contribution is -1.93. The molecular formula is C26H22. The van der Waals surface area contributed by atoms with Crippen molar-refractivity contribution >= 4 is 12.2 Å². The highest BCUT2D eigenvalue weighted by atomic mass is 14.2. The van der Waals surface area contributed by atoms with E-state index in [0.29, 0.717) is 0 Å². The molecular weight excluding hydrogens is 312 g/mol. The van der Waals surface area contributed by atoms with E-state index in [0.717, 1.165) is 5.56 Å². The quantitative estimate of drug-likeness (QED) is 0.411. The molecule has 0 aromatic heterocycles. The van der Waals surface area contributed by atoms with Gasteiger partial charge in [0, 0.05) is 0 Å². The monoisotopic (exact) mass is 334 g/mol. The Morgan fingerprint density at radius 1 is 0.577 bits per heavy atom. The molecule has 0 amide bonds. The van der Waals surface area contributed by atoms with Gasteiger partial charge in [-0.1, -0.05) is 122 Å². The smallest absolute Gasteiger partial charge is 0.00268 e. The van der Waals surface area contributed by atoms with Crippen LogP contribution in [0.5, 0.6) is 0 Å². The molecule has 3 aromatic rings. The maximum Gasteiger partial charge on any atom is -0.00268 e. The molecule has 0 saturated carbocycles. The average Bonchev–Trinajstić information content (AvgIpc) is 2.71. The summed E-state index contributed by atoms with van der Waals surface area (Å²) in [6.45, 7) is 7.62. The van der Waals surface area contributed by atoms with Crippen molar-refractivity contribution in [2.24, 2.45) is 0 Å². The minimum Gasteiger partial charge on any atom is -0.0991 e. The van der Waals surface area contributed by atoms with Crippen LogP contribution in [0.1, 0.15) is 11.1 Å². The summed E-state index contributed by atoms with van der Waals surface area (Å²) in [5, 5.41) is 0. The third-order valence-electron chi connectivity index (χ3n) is 4.24. The fraction of sp³-hybridized carbons (Fsp3) is 0. The number of hydrogen-bond donors (Lipinski definition) is 0. The second-order valence-corrected chi connectivity index (χ2v) is 5.91. The van der Waals surface area contributed by atoms with E-state index in [4.69, 9.17) is 0 Å². The van der Waals surface area contributed by atoms with E-state index in [9.17, 15) is 0 Å². The lowest BCUT2D eigenvalue weighted by molar-refractivity contribution is 1.54. The molecule has 0 nitrogen and oxygen atoms in total. The van der Waals surface area contributed by atoms with Crippen LogP contribution in [-0.4, -0.2) is 0 Å². The lowest BCUT2D eigenvalue weighted by atomic mass is 9.87. The van der Waals surface area contributed by atoms with E-state index in [2.05, 4.69) is 86.0 Å². The Labute approximate surface area is 156 Å². The van der Waals surface area contributed by atoms with Gasteiger partial charge in [0.15, 0.2) is 0 Å². The molecule has 0 heteroatoms. The SMILES string of the molecule is C=CC=Cc1ccc(-c2ccccc2)c(-c2ccccc2)c1C=CC=C. The number of rotatable bonds is 6. The average molecular weight is 334 g/mol. The fourth-order valence-corrected chi connectivity index (χ4v) is 3.07. The molecule has 0 aliphatic heterocycles. The first-order valence-electron chi connectivity index (χ1n) is 8.71. The zero-order valence-electron chi connectivity index (χ0n) is 14.8.